The third-order valence-electron chi connectivity index (χ3n) is 4.21. The number of pyridine rings is 1. The predicted molar refractivity (Wildman–Crippen MR) is 86.8 cm³/mol. The second kappa shape index (κ2) is 4.78. The zero-order chi connectivity index (χ0) is 16.0. The summed E-state index contributed by atoms with van der Waals surface area (Å²) in [6.45, 7) is 3.84. The fourth-order valence-electron chi connectivity index (χ4n) is 2.78. The van der Waals surface area contributed by atoms with Gasteiger partial charge in [0, 0.05) is 23.6 Å². The third kappa shape index (κ3) is 2.12. The van der Waals surface area contributed by atoms with E-state index in [1.165, 1.54) is 0 Å². The Morgan fingerprint density at radius 1 is 1.13 bits per heavy atom. The third-order valence-corrected chi connectivity index (χ3v) is 4.21. The lowest BCUT2D eigenvalue weighted by molar-refractivity contribution is -0.119. The highest BCUT2D eigenvalue weighted by molar-refractivity contribution is 6.06. The smallest absolute Gasteiger partial charge is 0.234 e. The number of rotatable bonds is 2. The number of aromatic nitrogens is 2. The van der Waals surface area contributed by atoms with Crippen molar-refractivity contribution in [2.75, 3.05) is 5.32 Å². The lowest BCUT2D eigenvalue weighted by Gasteiger charge is -2.14. The molecule has 0 aliphatic carbocycles. The first-order valence-electron chi connectivity index (χ1n) is 7.38. The van der Waals surface area contributed by atoms with E-state index in [9.17, 15) is 4.79 Å². The van der Waals surface area contributed by atoms with Gasteiger partial charge in [-0.1, -0.05) is 12.1 Å². The van der Waals surface area contributed by atoms with Gasteiger partial charge < -0.3 is 9.73 Å². The van der Waals surface area contributed by atoms with Crippen molar-refractivity contribution in [2.45, 2.75) is 19.3 Å². The Morgan fingerprint density at radius 3 is 2.78 bits per heavy atom. The largest absolute Gasteiger partial charge is 0.436 e. The molecule has 3 heterocycles. The Balaban J connectivity index is 1.72. The lowest BCUT2D eigenvalue weighted by Crippen LogP contribution is -2.26. The van der Waals surface area contributed by atoms with Gasteiger partial charge >= 0.3 is 0 Å². The monoisotopic (exact) mass is 305 g/mol. The van der Waals surface area contributed by atoms with Crippen LogP contribution < -0.4 is 5.32 Å². The Hall–Kier alpha value is -2.95. The van der Waals surface area contributed by atoms with Gasteiger partial charge in [-0.2, -0.15) is 0 Å². The zero-order valence-electron chi connectivity index (χ0n) is 12.8. The minimum absolute atomic E-state index is 0.0123. The van der Waals surface area contributed by atoms with Crippen molar-refractivity contribution in [1.29, 1.82) is 0 Å². The summed E-state index contributed by atoms with van der Waals surface area (Å²) in [5.74, 6) is 1.20. The molecule has 23 heavy (non-hydrogen) atoms. The van der Waals surface area contributed by atoms with Gasteiger partial charge in [-0.15, -0.1) is 0 Å². The van der Waals surface area contributed by atoms with Gasteiger partial charge in [0.05, 0.1) is 17.2 Å². The molecule has 2 aromatic heterocycles. The maximum Gasteiger partial charge on any atom is 0.234 e. The molecular formula is C18H15N3O2. The number of oxazole rings is 1. The molecule has 0 unspecified atom stereocenters. The molecule has 0 saturated heterocycles. The van der Waals surface area contributed by atoms with E-state index in [1.807, 2.05) is 44.2 Å². The van der Waals surface area contributed by atoms with E-state index in [-0.39, 0.29) is 5.91 Å². The second-order valence-corrected chi connectivity index (χ2v) is 6.11. The molecule has 1 aliphatic rings. The Bertz CT molecular complexity index is 898. The van der Waals surface area contributed by atoms with E-state index in [0.29, 0.717) is 11.7 Å². The number of nitrogens with zero attached hydrogens (tertiary/aromatic N) is 2. The summed E-state index contributed by atoms with van der Waals surface area (Å²) in [5, 5.41) is 2.93. The molecule has 1 amide bonds. The Labute approximate surface area is 133 Å². The van der Waals surface area contributed by atoms with Crippen molar-refractivity contribution < 1.29 is 9.21 Å². The van der Waals surface area contributed by atoms with Crippen LogP contribution in [-0.2, 0) is 10.2 Å². The fraction of sp³-hybridized carbons (Fsp3) is 0.167. The van der Waals surface area contributed by atoms with Crippen molar-refractivity contribution in [2.24, 2.45) is 0 Å². The lowest BCUT2D eigenvalue weighted by atomic mass is 9.86. The number of carbonyl (C=O) groups excluding carboxylic acids is 1. The van der Waals surface area contributed by atoms with Crippen LogP contribution in [-0.4, -0.2) is 15.9 Å². The number of amides is 1. The van der Waals surface area contributed by atoms with Crippen LogP contribution in [0, 0.1) is 0 Å². The average molecular weight is 305 g/mol. The molecule has 0 fully saturated rings. The van der Waals surface area contributed by atoms with Crippen molar-refractivity contribution in [3.8, 4) is 22.8 Å². The molecule has 0 spiro atoms. The maximum atomic E-state index is 12.0. The molecule has 5 nitrogen and oxygen atoms in total. The molecule has 1 aromatic carbocycles. The van der Waals surface area contributed by atoms with Crippen LogP contribution in [0.5, 0.6) is 0 Å². The minimum atomic E-state index is -0.504. The molecule has 114 valence electrons. The van der Waals surface area contributed by atoms with Crippen molar-refractivity contribution in [3.05, 3.63) is 54.5 Å². The van der Waals surface area contributed by atoms with Gasteiger partial charge in [-0.3, -0.25) is 9.78 Å². The summed E-state index contributed by atoms with van der Waals surface area (Å²) in [6, 6.07) is 9.58. The van der Waals surface area contributed by atoms with E-state index in [2.05, 4.69) is 15.3 Å². The first-order valence-corrected chi connectivity index (χ1v) is 7.38. The van der Waals surface area contributed by atoms with Gasteiger partial charge in [0.1, 0.15) is 0 Å². The van der Waals surface area contributed by atoms with E-state index in [4.69, 9.17) is 4.42 Å². The summed E-state index contributed by atoms with van der Waals surface area (Å²) in [4.78, 5) is 20.4. The number of hydrogen-bond acceptors (Lipinski definition) is 4. The highest BCUT2D eigenvalue weighted by Crippen LogP contribution is 2.39. The van der Waals surface area contributed by atoms with Crippen LogP contribution in [0.2, 0.25) is 0 Å². The zero-order valence-corrected chi connectivity index (χ0v) is 12.8. The quantitative estimate of drug-likeness (QED) is 0.785. The average Bonchev–Trinajstić information content (AvgIpc) is 3.12. The van der Waals surface area contributed by atoms with E-state index >= 15 is 0 Å². The van der Waals surface area contributed by atoms with Crippen LogP contribution in [0.25, 0.3) is 22.8 Å². The molecule has 0 saturated carbocycles. The Kier molecular flexibility index (Phi) is 2.84. The topological polar surface area (TPSA) is 68.0 Å². The standard InChI is InChI=1S/C18H15N3O2/c1-18(2)13-6-5-11(8-14(13)21-17(18)22)15-10-20-16(23-15)12-4-3-7-19-9-12/h3-10H,1-2H3,(H,21,22). The van der Waals surface area contributed by atoms with E-state index < -0.39 is 5.41 Å². The molecule has 0 radical (unpaired) electrons. The number of hydrogen-bond donors (Lipinski definition) is 1. The molecule has 1 aliphatic heterocycles. The SMILES string of the molecule is CC1(C)C(=O)Nc2cc(-c3cnc(-c4cccnc4)o3)ccc21. The number of carbonyl (C=O) groups is 1. The molecule has 1 N–H and O–H groups in total. The fourth-order valence-corrected chi connectivity index (χ4v) is 2.78. The first kappa shape index (κ1) is 13.7. The summed E-state index contributed by atoms with van der Waals surface area (Å²) >= 11 is 0. The number of anilines is 1. The molecule has 4 rings (SSSR count). The highest BCUT2D eigenvalue weighted by atomic mass is 16.4. The molecule has 5 heteroatoms. The van der Waals surface area contributed by atoms with E-state index in [1.54, 1.807) is 18.6 Å². The van der Waals surface area contributed by atoms with Gasteiger partial charge in [0.25, 0.3) is 0 Å². The van der Waals surface area contributed by atoms with Gasteiger partial charge in [0.2, 0.25) is 11.8 Å². The summed E-state index contributed by atoms with van der Waals surface area (Å²) in [6.07, 6.45) is 5.10. The van der Waals surface area contributed by atoms with Crippen LogP contribution in [0.15, 0.2) is 53.3 Å². The van der Waals surface area contributed by atoms with Gasteiger partial charge in [0.15, 0.2) is 5.76 Å². The maximum absolute atomic E-state index is 12.0. The highest BCUT2D eigenvalue weighted by Gasteiger charge is 2.38. The number of fused-ring (bicyclic) bond motifs is 1. The molecular weight excluding hydrogens is 290 g/mol. The summed E-state index contributed by atoms with van der Waals surface area (Å²) in [7, 11) is 0. The number of nitrogens with one attached hydrogen (secondary N) is 1. The van der Waals surface area contributed by atoms with Crippen LogP contribution in [0.4, 0.5) is 5.69 Å². The van der Waals surface area contributed by atoms with Crippen LogP contribution in [0.3, 0.4) is 0 Å². The first-order chi connectivity index (χ1) is 11.1. The van der Waals surface area contributed by atoms with Crippen molar-refractivity contribution in [3.63, 3.8) is 0 Å². The van der Waals surface area contributed by atoms with Crippen LogP contribution in [0.1, 0.15) is 19.4 Å². The van der Waals surface area contributed by atoms with E-state index in [0.717, 1.165) is 22.4 Å². The minimum Gasteiger partial charge on any atom is -0.436 e. The second-order valence-electron chi connectivity index (χ2n) is 6.11. The summed E-state index contributed by atoms with van der Waals surface area (Å²) in [5.41, 5.74) is 3.03. The molecule has 0 bridgehead atoms. The van der Waals surface area contributed by atoms with Gasteiger partial charge in [-0.25, -0.2) is 4.98 Å². The van der Waals surface area contributed by atoms with Crippen molar-refractivity contribution in [1.82, 2.24) is 9.97 Å². The normalized spacial score (nSPS) is 15.3. The van der Waals surface area contributed by atoms with Crippen LogP contribution >= 0.6 is 0 Å². The van der Waals surface area contributed by atoms with Crippen molar-refractivity contribution >= 4 is 11.6 Å². The molecule has 0 atom stereocenters. The predicted octanol–water partition coefficient (Wildman–Crippen LogP) is 3.63. The number of benzene rings is 1. The van der Waals surface area contributed by atoms with Gasteiger partial charge in [-0.05, 0) is 37.6 Å². The Morgan fingerprint density at radius 2 is 2.00 bits per heavy atom. The molecule has 3 aromatic rings. The summed E-state index contributed by atoms with van der Waals surface area (Å²) < 4.78 is 5.83.